The van der Waals surface area contributed by atoms with E-state index in [0.717, 1.165) is 29.8 Å². The highest BCUT2D eigenvalue weighted by Gasteiger charge is 2.34. The number of aromatic nitrogens is 2. The third kappa shape index (κ3) is 6.19. The number of morpholine rings is 1. The Bertz CT molecular complexity index is 1230. The zero-order valence-corrected chi connectivity index (χ0v) is 21.7. The monoisotopic (exact) mass is 529 g/mol. The molecule has 3 aromatic rings. The molecule has 0 amide bonds. The second-order valence-corrected chi connectivity index (χ2v) is 9.22. The topological polar surface area (TPSA) is 86.0 Å². The lowest BCUT2D eigenvalue weighted by atomic mass is 9.91. The van der Waals surface area contributed by atoms with E-state index in [2.05, 4.69) is 10.00 Å². The van der Waals surface area contributed by atoms with Gasteiger partial charge in [0, 0.05) is 19.2 Å². The lowest BCUT2D eigenvalue weighted by molar-refractivity contribution is -0.137. The molecule has 2 heterocycles. The molecule has 0 radical (unpaired) electrons. The smallest absolute Gasteiger partial charge is 0.303 e. The predicted molar refractivity (Wildman–Crippen MR) is 142 cm³/mol. The van der Waals surface area contributed by atoms with Crippen LogP contribution in [0.3, 0.4) is 0 Å². The van der Waals surface area contributed by atoms with Crippen molar-refractivity contribution in [2.24, 2.45) is 5.92 Å². The quantitative estimate of drug-likeness (QED) is 0.413. The maximum atomic E-state index is 14.8. The van der Waals surface area contributed by atoms with Crippen molar-refractivity contribution in [1.82, 2.24) is 9.78 Å². The summed E-state index contributed by atoms with van der Waals surface area (Å²) in [7, 11) is 1.54. The summed E-state index contributed by atoms with van der Waals surface area (Å²) < 4.78 is 33.4. The molecule has 37 heavy (non-hydrogen) atoms. The molecule has 2 aliphatic rings. The van der Waals surface area contributed by atoms with Crippen molar-refractivity contribution in [3.8, 4) is 17.2 Å². The van der Waals surface area contributed by atoms with Crippen LogP contribution in [0.1, 0.15) is 36.3 Å². The fourth-order valence-corrected chi connectivity index (χ4v) is 4.79. The summed E-state index contributed by atoms with van der Waals surface area (Å²) in [6.45, 7) is 2.67. The number of methoxy groups -OCH3 is 1. The molecule has 10 heteroatoms. The van der Waals surface area contributed by atoms with Crippen molar-refractivity contribution in [2.75, 3.05) is 38.3 Å². The average molecular weight is 530 g/mol. The van der Waals surface area contributed by atoms with Gasteiger partial charge >= 0.3 is 5.97 Å². The van der Waals surface area contributed by atoms with Gasteiger partial charge in [-0.15, -0.1) is 0 Å². The summed E-state index contributed by atoms with van der Waals surface area (Å²) in [6, 6.07) is 12.3. The standard InChI is InChI=1S/C27H30FN3O5.H2S/c1-34-21-7-8-24(28)25(14-21)31-27(30-9-11-35-12-10-30)20(16-29-31)17-36-22-4-2-3-19(13-22)23(15-26(32)33)18-5-6-18;/h2-4,7-8,13-14,16,18,23H,5-6,9-12,15,17H2,1H3,(H,32,33);1H2/t23-;/m0./s1. The minimum absolute atomic E-state index is 0. The maximum Gasteiger partial charge on any atom is 0.303 e. The molecule has 8 nitrogen and oxygen atoms in total. The van der Waals surface area contributed by atoms with E-state index in [-0.39, 0.29) is 32.4 Å². The number of carboxylic acids is 1. The van der Waals surface area contributed by atoms with Crippen LogP contribution in [0, 0.1) is 11.7 Å². The largest absolute Gasteiger partial charge is 0.497 e. The molecular formula is C27H32FN3O5S. The number of halogens is 1. The highest BCUT2D eigenvalue weighted by atomic mass is 32.1. The molecule has 5 rings (SSSR count). The van der Waals surface area contributed by atoms with E-state index in [1.165, 1.54) is 6.07 Å². The molecule has 0 bridgehead atoms. The molecule has 198 valence electrons. The van der Waals surface area contributed by atoms with Crippen molar-refractivity contribution in [3.63, 3.8) is 0 Å². The Kier molecular flexibility index (Phi) is 8.60. The first-order valence-corrected chi connectivity index (χ1v) is 12.2. The van der Waals surface area contributed by atoms with E-state index in [1.807, 2.05) is 24.3 Å². The van der Waals surface area contributed by atoms with E-state index in [1.54, 1.807) is 30.1 Å². The lowest BCUT2D eigenvalue weighted by Gasteiger charge is -2.30. The molecule has 1 aliphatic heterocycles. The van der Waals surface area contributed by atoms with Gasteiger partial charge in [-0.2, -0.15) is 18.6 Å². The van der Waals surface area contributed by atoms with Crippen LogP contribution in [0.15, 0.2) is 48.7 Å². The molecule has 1 saturated carbocycles. The van der Waals surface area contributed by atoms with Crippen LogP contribution in [-0.4, -0.2) is 54.3 Å². The van der Waals surface area contributed by atoms with E-state index in [0.29, 0.717) is 49.4 Å². The Hall–Kier alpha value is -3.24. The maximum absolute atomic E-state index is 14.8. The van der Waals surface area contributed by atoms with E-state index in [9.17, 15) is 14.3 Å². The normalized spacial score (nSPS) is 16.1. The summed E-state index contributed by atoms with van der Waals surface area (Å²) >= 11 is 0. The highest BCUT2D eigenvalue weighted by molar-refractivity contribution is 7.59. The van der Waals surface area contributed by atoms with Crippen LogP contribution in [0.2, 0.25) is 0 Å². The summed E-state index contributed by atoms with van der Waals surface area (Å²) in [5.74, 6) is 1.17. The number of hydrogen-bond acceptors (Lipinski definition) is 6. The molecule has 1 aromatic heterocycles. The van der Waals surface area contributed by atoms with Gasteiger partial charge in [0.05, 0.1) is 38.5 Å². The minimum atomic E-state index is -0.787. The van der Waals surface area contributed by atoms with E-state index >= 15 is 0 Å². The number of ether oxygens (including phenoxy) is 3. The van der Waals surface area contributed by atoms with Crippen LogP contribution >= 0.6 is 13.5 Å². The molecular weight excluding hydrogens is 497 g/mol. The number of benzene rings is 2. The minimum Gasteiger partial charge on any atom is -0.497 e. The summed E-state index contributed by atoms with van der Waals surface area (Å²) in [6.07, 6.45) is 3.94. The average Bonchev–Trinajstić information content (AvgIpc) is 3.65. The van der Waals surface area contributed by atoms with Crippen LogP contribution in [-0.2, 0) is 16.1 Å². The first-order valence-electron chi connectivity index (χ1n) is 12.2. The Balaban J connectivity index is 0.00000320. The van der Waals surface area contributed by atoms with Crippen LogP contribution in [0.4, 0.5) is 10.2 Å². The molecule has 2 fully saturated rings. The van der Waals surface area contributed by atoms with Gasteiger partial charge in [0.15, 0.2) is 0 Å². The van der Waals surface area contributed by atoms with Gasteiger partial charge in [0.1, 0.15) is 35.4 Å². The number of hydrogen-bond donors (Lipinski definition) is 1. The molecule has 1 aliphatic carbocycles. The van der Waals surface area contributed by atoms with Crippen molar-refractivity contribution in [1.29, 1.82) is 0 Å². The van der Waals surface area contributed by atoms with Crippen molar-refractivity contribution in [2.45, 2.75) is 31.8 Å². The second kappa shape index (κ2) is 11.9. The Morgan fingerprint density at radius 2 is 1.97 bits per heavy atom. The van der Waals surface area contributed by atoms with Gasteiger partial charge in [-0.05, 0) is 54.5 Å². The van der Waals surface area contributed by atoms with Gasteiger partial charge in [0.25, 0.3) is 0 Å². The van der Waals surface area contributed by atoms with Crippen LogP contribution in [0.5, 0.6) is 11.5 Å². The SMILES string of the molecule is COc1ccc(F)c(-n2ncc(COc3cccc([C@@H](CC(=O)O)C4CC4)c3)c2N2CCOCC2)c1.S. The number of carbonyl (C=O) groups is 1. The number of carboxylic acid groups (broad SMARTS) is 1. The fraction of sp³-hybridized carbons (Fsp3) is 0.407. The molecule has 2 aromatic carbocycles. The summed E-state index contributed by atoms with van der Waals surface area (Å²) in [5.41, 5.74) is 2.10. The number of nitrogens with zero attached hydrogens (tertiary/aromatic N) is 3. The number of rotatable bonds is 10. The molecule has 0 spiro atoms. The Morgan fingerprint density at radius 3 is 2.68 bits per heavy atom. The van der Waals surface area contributed by atoms with Crippen LogP contribution < -0.4 is 14.4 Å². The fourth-order valence-electron chi connectivity index (χ4n) is 4.79. The molecule has 1 saturated heterocycles. The van der Waals surface area contributed by atoms with Gasteiger partial charge in [-0.25, -0.2) is 9.07 Å². The summed E-state index contributed by atoms with van der Waals surface area (Å²) in [4.78, 5) is 13.5. The third-order valence-corrected chi connectivity index (χ3v) is 6.78. The van der Waals surface area contributed by atoms with Gasteiger partial charge in [-0.3, -0.25) is 4.79 Å². The summed E-state index contributed by atoms with van der Waals surface area (Å²) in [5, 5.41) is 13.9. The van der Waals surface area contributed by atoms with Crippen molar-refractivity contribution in [3.05, 3.63) is 65.6 Å². The Morgan fingerprint density at radius 1 is 1.19 bits per heavy atom. The van der Waals surface area contributed by atoms with Crippen LogP contribution in [0.25, 0.3) is 5.69 Å². The highest BCUT2D eigenvalue weighted by Crippen LogP contribution is 2.45. The lowest BCUT2D eigenvalue weighted by Crippen LogP contribution is -2.38. The van der Waals surface area contributed by atoms with Crippen molar-refractivity contribution >= 4 is 25.3 Å². The van der Waals surface area contributed by atoms with E-state index in [4.69, 9.17) is 14.2 Å². The first-order chi connectivity index (χ1) is 17.5. The number of anilines is 1. The second-order valence-electron chi connectivity index (χ2n) is 9.22. The third-order valence-electron chi connectivity index (χ3n) is 6.78. The van der Waals surface area contributed by atoms with Gasteiger partial charge in [0.2, 0.25) is 0 Å². The molecule has 0 unspecified atom stereocenters. The van der Waals surface area contributed by atoms with Gasteiger partial charge < -0.3 is 24.2 Å². The van der Waals surface area contributed by atoms with Crippen molar-refractivity contribution < 1.29 is 28.5 Å². The first kappa shape index (κ1) is 26.8. The predicted octanol–water partition coefficient (Wildman–Crippen LogP) is 4.52. The molecule has 1 atom stereocenters. The van der Waals surface area contributed by atoms with E-state index < -0.39 is 11.8 Å². The number of aliphatic carboxylic acids is 1. The Labute approximate surface area is 222 Å². The molecule has 1 N–H and O–H groups in total. The van der Waals surface area contributed by atoms with Gasteiger partial charge in [-0.1, -0.05) is 12.1 Å². The zero-order valence-electron chi connectivity index (χ0n) is 20.7. The zero-order chi connectivity index (χ0) is 25.1.